The molecule has 0 aliphatic heterocycles. The van der Waals surface area contributed by atoms with Crippen LogP contribution in [0.1, 0.15) is 50.5 Å². The minimum absolute atomic E-state index is 0.0144. The van der Waals surface area contributed by atoms with Crippen molar-refractivity contribution in [1.82, 2.24) is 5.32 Å². The van der Waals surface area contributed by atoms with E-state index >= 15 is 0 Å². The van der Waals surface area contributed by atoms with Crippen LogP contribution >= 0.6 is 11.8 Å². The smallest absolute Gasteiger partial charge is 0.272 e. The molecule has 0 saturated heterocycles. The second kappa shape index (κ2) is 16.7. The predicted molar refractivity (Wildman–Crippen MR) is 210 cm³/mol. The van der Waals surface area contributed by atoms with Crippen LogP contribution in [0.15, 0.2) is 155 Å². The van der Waals surface area contributed by atoms with E-state index in [1.807, 2.05) is 111 Å². The molecule has 0 spiro atoms. The topological polar surface area (TPSA) is 100 Å². The van der Waals surface area contributed by atoms with Crippen molar-refractivity contribution >= 4 is 46.9 Å². The van der Waals surface area contributed by atoms with Gasteiger partial charge in [-0.2, -0.15) is 0 Å². The summed E-state index contributed by atoms with van der Waals surface area (Å²) in [6.45, 7) is 6.09. The lowest BCUT2D eigenvalue weighted by atomic mass is 10.1. The van der Waals surface area contributed by atoms with Crippen molar-refractivity contribution < 1.29 is 18.8 Å². The lowest BCUT2D eigenvalue weighted by Crippen LogP contribution is -2.30. The van der Waals surface area contributed by atoms with Crippen LogP contribution in [-0.2, 0) is 16.0 Å². The maximum absolute atomic E-state index is 13.8. The molecule has 6 rings (SSSR count). The van der Waals surface area contributed by atoms with E-state index in [1.54, 1.807) is 42.5 Å². The Hall–Kier alpha value is -6.12. The van der Waals surface area contributed by atoms with Gasteiger partial charge in [0.2, 0.25) is 5.91 Å². The highest BCUT2D eigenvalue weighted by molar-refractivity contribution is 8.00. The first-order valence-electron chi connectivity index (χ1n) is 17.0. The van der Waals surface area contributed by atoms with Gasteiger partial charge in [0.25, 0.3) is 11.8 Å². The Morgan fingerprint density at radius 1 is 0.731 bits per heavy atom. The summed E-state index contributed by atoms with van der Waals surface area (Å²) in [7, 11) is 0. The third-order valence-corrected chi connectivity index (χ3v) is 9.74. The first kappa shape index (κ1) is 35.7. The number of thioether (sulfide) groups is 1. The number of carbonyl (C=O) groups is 3. The zero-order valence-electron chi connectivity index (χ0n) is 29.2. The molecule has 52 heavy (non-hydrogen) atoms. The van der Waals surface area contributed by atoms with Crippen LogP contribution in [0, 0.1) is 13.8 Å². The number of aryl methyl sites for hydroxylation is 3. The van der Waals surface area contributed by atoms with Gasteiger partial charge in [0, 0.05) is 33.5 Å². The number of hydrogen-bond acceptors (Lipinski definition) is 5. The zero-order chi connectivity index (χ0) is 36.5. The number of nitrogens with one attached hydrogen (secondary N) is 3. The third-order valence-electron chi connectivity index (χ3n) is 8.47. The number of furan rings is 1. The average molecular weight is 706 g/mol. The first-order valence-corrected chi connectivity index (χ1v) is 17.9. The van der Waals surface area contributed by atoms with E-state index in [1.165, 1.54) is 17.8 Å². The molecule has 0 saturated carbocycles. The molecule has 1 unspecified atom stereocenters. The summed E-state index contributed by atoms with van der Waals surface area (Å²) in [5, 5.41) is 8.33. The molecule has 0 aliphatic carbocycles. The Bertz CT molecular complexity index is 2190. The van der Waals surface area contributed by atoms with E-state index < -0.39 is 17.1 Å². The van der Waals surface area contributed by atoms with Crippen molar-refractivity contribution in [2.75, 3.05) is 10.6 Å². The van der Waals surface area contributed by atoms with E-state index in [0.717, 1.165) is 44.8 Å². The summed E-state index contributed by atoms with van der Waals surface area (Å²) in [5.74, 6) is -0.0287. The second-order valence-corrected chi connectivity index (χ2v) is 13.5. The molecule has 0 fully saturated rings. The van der Waals surface area contributed by atoms with Gasteiger partial charge in [-0.3, -0.25) is 14.4 Å². The molecule has 1 heterocycles. The van der Waals surface area contributed by atoms with Crippen molar-refractivity contribution in [3.8, 4) is 11.3 Å². The van der Waals surface area contributed by atoms with Crippen molar-refractivity contribution in [2.45, 2.75) is 37.3 Å². The summed E-state index contributed by atoms with van der Waals surface area (Å²) in [6.07, 6.45) is 2.32. The highest BCUT2D eigenvalue weighted by Gasteiger charge is 2.24. The maximum Gasteiger partial charge on any atom is 0.272 e. The van der Waals surface area contributed by atoms with E-state index in [2.05, 4.69) is 22.9 Å². The molecule has 7 nitrogen and oxygen atoms in total. The fraction of sp³-hybridized carbons (Fsp3) is 0.114. The fourth-order valence-corrected chi connectivity index (χ4v) is 6.66. The first-order chi connectivity index (χ1) is 25.3. The SMILES string of the molecule is CCc1cccc(C)c1NC(=O)C(Sc1ccc(NC(=O)C(=Cc2ccc(-c3ccc(C)cc3)o2)NC(=O)c2ccccc2)cc1)c1ccccc1. The van der Waals surface area contributed by atoms with Gasteiger partial charge >= 0.3 is 0 Å². The normalized spacial score (nSPS) is 11.8. The van der Waals surface area contributed by atoms with Gasteiger partial charge in [0.1, 0.15) is 22.5 Å². The lowest BCUT2D eigenvalue weighted by Gasteiger charge is -2.20. The summed E-state index contributed by atoms with van der Waals surface area (Å²) in [4.78, 5) is 41.5. The number of hydrogen-bond donors (Lipinski definition) is 3. The number of rotatable bonds is 12. The predicted octanol–water partition coefficient (Wildman–Crippen LogP) is 10.0. The van der Waals surface area contributed by atoms with Gasteiger partial charge in [-0.05, 0) is 85.5 Å². The van der Waals surface area contributed by atoms with E-state index in [4.69, 9.17) is 4.42 Å². The molecule has 260 valence electrons. The quantitative estimate of drug-likeness (QED) is 0.0870. The lowest BCUT2D eigenvalue weighted by molar-refractivity contribution is -0.116. The number of carbonyl (C=O) groups excluding carboxylic acids is 3. The molecule has 3 N–H and O–H groups in total. The molecule has 0 radical (unpaired) electrons. The third kappa shape index (κ3) is 8.96. The van der Waals surface area contributed by atoms with Crippen LogP contribution < -0.4 is 16.0 Å². The zero-order valence-corrected chi connectivity index (χ0v) is 30.0. The van der Waals surface area contributed by atoms with Gasteiger partial charge < -0.3 is 20.4 Å². The fourth-order valence-electron chi connectivity index (χ4n) is 5.63. The van der Waals surface area contributed by atoms with Crippen LogP contribution in [0.2, 0.25) is 0 Å². The van der Waals surface area contributed by atoms with Crippen LogP contribution in [0.3, 0.4) is 0 Å². The van der Waals surface area contributed by atoms with Crippen molar-refractivity contribution in [3.63, 3.8) is 0 Å². The monoisotopic (exact) mass is 705 g/mol. The van der Waals surface area contributed by atoms with Crippen LogP contribution in [0.4, 0.5) is 11.4 Å². The minimum Gasteiger partial charge on any atom is -0.457 e. The van der Waals surface area contributed by atoms with Crippen molar-refractivity contribution in [3.05, 3.63) is 179 Å². The molecular weight excluding hydrogens is 667 g/mol. The Balaban J connectivity index is 1.21. The molecule has 0 bridgehead atoms. The summed E-state index contributed by atoms with van der Waals surface area (Å²) < 4.78 is 6.05. The van der Waals surface area contributed by atoms with Crippen molar-refractivity contribution in [1.29, 1.82) is 0 Å². The summed E-state index contributed by atoms with van der Waals surface area (Å²) in [6, 6.07) is 43.2. The van der Waals surface area contributed by atoms with Crippen molar-refractivity contribution in [2.24, 2.45) is 0 Å². The summed E-state index contributed by atoms with van der Waals surface area (Å²) in [5.41, 5.74) is 6.79. The van der Waals surface area contributed by atoms with E-state index in [9.17, 15) is 14.4 Å². The van der Waals surface area contributed by atoms with Gasteiger partial charge in [0.15, 0.2) is 0 Å². The van der Waals surface area contributed by atoms with Gasteiger partial charge in [-0.1, -0.05) is 103 Å². The molecule has 6 aromatic rings. The van der Waals surface area contributed by atoms with Gasteiger partial charge in [-0.25, -0.2) is 0 Å². The molecule has 5 aromatic carbocycles. The largest absolute Gasteiger partial charge is 0.457 e. The number of anilines is 2. The second-order valence-electron chi connectivity index (χ2n) is 12.3. The van der Waals surface area contributed by atoms with Crippen LogP contribution in [-0.4, -0.2) is 17.7 Å². The maximum atomic E-state index is 13.8. The number of amides is 3. The van der Waals surface area contributed by atoms with Gasteiger partial charge in [-0.15, -0.1) is 11.8 Å². The Labute approximate surface area is 308 Å². The van der Waals surface area contributed by atoms with Gasteiger partial charge in [0.05, 0.1) is 0 Å². The molecule has 0 aliphatic rings. The Morgan fingerprint density at radius 2 is 1.42 bits per heavy atom. The molecular formula is C44H39N3O4S. The molecule has 3 amide bonds. The van der Waals surface area contributed by atoms with Crippen LogP contribution in [0.25, 0.3) is 17.4 Å². The Morgan fingerprint density at radius 3 is 2.12 bits per heavy atom. The Kier molecular flexibility index (Phi) is 11.5. The highest BCUT2D eigenvalue weighted by Crippen LogP contribution is 2.37. The van der Waals surface area contributed by atoms with E-state index in [0.29, 0.717) is 22.8 Å². The number of para-hydroxylation sites is 1. The van der Waals surface area contributed by atoms with E-state index in [-0.39, 0.29) is 11.6 Å². The number of benzene rings is 5. The standard InChI is InChI=1S/C44H39N3O4S/c1-4-31-17-11-12-30(3)40(31)47-44(50)41(33-13-7-5-8-14-33)52-37-25-22-35(23-26-37)45-43(49)38(46-42(48)34-15-9-6-10-16-34)28-36-24-27-39(51-36)32-20-18-29(2)19-21-32/h5-28,41H,4H2,1-3H3,(H,45,49)(H,46,48)(H,47,50). The summed E-state index contributed by atoms with van der Waals surface area (Å²) >= 11 is 1.43. The molecule has 8 heteroatoms. The highest BCUT2D eigenvalue weighted by atomic mass is 32.2. The average Bonchev–Trinajstić information content (AvgIpc) is 3.64. The molecule has 1 aromatic heterocycles. The van der Waals surface area contributed by atoms with Crippen LogP contribution in [0.5, 0.6) is 0 Å². The minimum atomic E-state index is -0.524. The molecule has 1 atom stereocenters.